The van der Waals surface area contributed by atoms with Crippen molar-refractivity contribution in [3.05, 3.63) is 41.8 Å². The average Bonchev–Trinajstić information content (AvgIpc) is 3.11. The number of likely N-dealkylation sites (N-methyl/N-ethyl adjacent to an activating group) is 1. The molecule has 1 saturated heterocycles. The molecule has 0 amide bonds. The molecule has 1 aliphatic heterocycles. The van der Waals surface area contributed by atoms with Crippen LogP contribution < -0.4 is 5.32 Å². The van der Waals surface area contributed by atoms with Gasteiger partial charge in [-0.3, -0.25) is 4.90 Å². The topological polar surface area (TPSA) is 41.3 Å². The third kappa shape index (κ3) is 3.88. The number of benzene rings is 1. The van der Waals surface area contributed by atoms with Gasteiger partial charge < -0.3 is 9.73 Å². The highest BCUT2D eigenvalue weighted by molar-refractivity contribution is 5.85. The van der Waals surface area contributed by atoms with E-state index in [9.17, 15) is 0 Å². The lowest BCUT2D eigenvalue weighted by molar-refractivity contribution is 0.239. The van der Waals surface area contributed by atoms with Gasteiger partial charge in [0.05, 0.1) is 5.69 Å². The minimum absolute atomic E-state index is 0. The smallest absolute Gasteiger partial charge is 0.226 e. The van der Waals surface area contributed by atoms with E-state index >= 15 is 0 Å². The van der Waals surface area contributed by atoms with Gasteiger partial charge in [-0.15, -0.1) is 12.4 Å². The number of nitrogens with zero attached hydrogens (tertiary/aromatic N) is 2. The predicted octanol–water partition coefficient (Wildman–Crippen LogP) is 3.26. The van der Waals surface area contributed by atoms with Gasteiger partial charge in [0.15, 0.2) is 0 Å². The van der Waals surface area contributed by atoms with E-state index in [1.807, 2.05) is 7.05 Å². The van der Waals surface area contributed by atoms with Crippen molar-refractivity contribution in [3.63, 3.8) is 0 Å². The summed E-state index contributed by atoms with van der Waals surface area (Å²) in [6.45, 7) is 5.16. The molecule has 4 nitrogen and oxygen atoms in total. The maximum Gasteiger partial charge on any atom is 0.226 e. The molecule has 3 rings (SSSR count). The van der Waals surface area contributed by atoms with Crippen molar-refractivity contribution < 1.29 is 4.42 Å². The van der Waals surface area contributed by atoms with Crippen LogP contribution in [0, 0.1) is 6.92 Å². The Labute approximate surface area is 138 Å². The fourth-order valence-corrected chi connectivity index (χ4v) is 2.99. The molecule has 1 N–H and O–H groups in total. The van der Waals surface area contributed by atoms with Gasteiger partial charge in [-0.05, 0) is 45.5 Å². The quantitative estimate of drug-likeness (QED) is 0.917. The zero-order chi connectivity index (χ0) is 14.7. The van der Waals surface area contributed by atoms with Crippen molar-refractivity contribution in [1.82, 2.24) is 15.2 Å². The lowest BCUT2D eigenvalue weighted by atomic mass is 10.1. The van der Waals surface area contributed by atoms with Gasteiger partial charge in [-0.2, -0.15) is 0 Å². The molecule has 0 bridgehead atoms. The van der Waals surface area contributed by atoms with Gasteiger partial charge in [-0.25, -0.2) is 4.98 Å². The first-order valence-corrected chi connectivity index (χ1v) is 7.66. The zero-order valence-electron chi connectivity index (χ0n) is 13.2. The van der Waals surface area contributed by atoms with Crippen LogP contribution in [0.1, 0.15) is 24.1 Å². The van der Waals surface area contributed by atoms with E-state index in [4.69, 9.17) is 4.42 Å². The van der Waals surface area contributed by atoms with Crippen LogP contribution >= 0.6 is 12.4 Å². The number of aromatic nitrogens is 1. The highest BCUT2D eigenvalue weighted by Crippen LogP contribution is 2.22. The van der Waals surface area contributed by atoms with Gasteiger partial charge in [0, 0.05) is 24.7 Å². The molecule has 120 valence electrons. The number of aryl methyl sites for hydroxylation is 1. The first kappa shape index (κ1) is 17.0. The van der Waals surface area contributed by atoms with Gasteiger partial charge in [-0.1, -0.05) is 17.7 Å². The van der Waals surface area contributed by atoms with E-state index in [-0.39, 0.29) is 12.4 Å². The van der Waals surface area contributed by atoms with Crippen molar-refractivity contribution in [2.75, 3.05) is 20.1 Å². The highest BCUT2D eigenvalue weighted by atomic mass is 35.5. The SMILES string of the molecule is CNCC1CCCN1Cc1coc(-c2ccc(C)cc2)n1.Cl. The maximum absolute atomic E-state index is 5.64. The molecule has 0 spiro atoms. The molecular formula is C17H24ClN3O. The van der Waals surface area contributed by atoms with Crippen LogP contribution in [0.3, 0.4) is 0 Å². The summed E-state index contributed by atoms with van der Waals surface area (Å²) in [6, 6.07) is 8.91. The summed E-state index contributed by atoms with van der Waals surface area (Å²) < 4.78 is 5.64. The van der Waals surface area contributed by atoms with Crippen LogP contribution in [0.15, 0.2) is 34.9 Å². The Bertz CT molecular complexity index is 582. The molecular weight excluding hydrogens is 298 g/mol. The van der Waals surface area contributed by atoms with E-state index in [1.165, 1.54) is 18.4 Å². The van der Waals surface area contributed by atoms with Crippen LogP contribution in [0.5, 0.6) is 0 Å². The number of oxazole rings is 1. The summed E-state index contributed by atoms with van der Waals surface area (Å²) in [6.07, 6.45) is 4.34. The lowest BCUT2D eigenvalue weighted by Crippen LogP contribution is -2.36. The Morgan fingerprint density at radius 1 is 1.32 bits per heavy atom. The average molecular weight is 322 g/mol. The predicted molar refractivity (Wildman–Crippen MR) is 91.3 cm³/mol. The monoisotopic (exact) mass is 321 g/mol. The largest absolute Gasteiger partial charge is 0.444 e. The van der Waals surface area contributed by atoms with E-state index in [0.29, 0.717) is 6.04 Å². The van der Waals surface area contributed by atoms with Gasteiger partial charge in [0.2, 0.25) is 5.89 Å². The van der Waals surface area contributed by atoms with E-state index in [1.54, 1.807) is 6.26 Å². The van der Waals surface area contributed by atoms with E-state index in [2.05, 4.69) is 46.4 Å². The molecule has 2 heterocycles. The number of rotatable bonds is 5. The molecule has 1 fully saturated rings. The second-order valence-corrected chi connectivity index (χ2v) is 5.83. The van der Waals surface area contributed by atoms with Crippen molar-refractivity contribution in [2.45, 2.75) is 32.4 Å². The second kappa shape index (κ2) is 7.77. The van der Waals surface area contributed by atoms with Crippen LogP contribution in [0.2, 0.25) is 0 Å². The Balaban J connectivity index is 0.00000176. The van der Waals surface area contributed by atoms with Crippen molar-refractivity contribution in [2.24, 2.45) is 0 Å². The first-order chi connectivity index (χ1) is 10.3. The Hall–Kier alpha value is -1.36. The molecule has 22 heavy (non-hydrogen) atoms. The molecule has 2 aromatic rings. The summed E-state index contributed by atoms with van der Waals surface area (Å²) in [5.74, 6) is 0.717. The zero-order valence-corrected chi connectivity index (χ0v) is 14.0. The van der Waals surface area contributed by atoms with Gasteiger partial charge >= 0.3 is 0 Å². The van der Waals surface area contributed by atoms with Crippen LogP contribution in [-0.2, 0) is 6.54 Å². The maximum atomic E-state index is 5.64. The number of halogens is 1. The molecule has 1 aliphatic rings. The number of hydrogen-bond donors (Lipinski definition) is 1. The van der Waals surface area contributed by atoms with Crippen molar-refractivity contribution in [3.8, 4) is 11.5 Å². The number of hydrogen-bond acceptors (Lipinski definition) is 4. The fraction of sp³-hybridized carbons (Fsp3) is 0.471. The van der Waals surface area contributed by atoms with Crippen molar-refractivity contribution in [1.29, 1.82) is 0 Å². The third-order valence-electron chi connectivity index (χ3n) is 4.15. The van der Waals surface area contributed by atoms with Crippen LogP contribution in [-0.4, -0.2) is 36.1 Å². The molecule has 5 heteroatoms. The second-order valence-electron chi connectivity index (χ2n) is 5.83. The highest BCUT2D eigenvalue weighted by Gasteiger charge is 2.24. The van der Waals surface area contributed by atoms with E-state index in [0.717, 1.165) is 36.8 Å². The number of likely N-dealkylation sites (tertiary alicyclic amines) is 1. The molecule has 1 atom stereocenters. The Morgan fingerprint density at radius 3 is 2.82 bits per heavy atom. The Morgan fingerprint density at radius 2 is 2.09 bits per heavy atom. The van der Waals surface area contributed by atoms with E-state index < -0.39 is 0 Å². The molecule has 1 unspecified atom stereocenters. The lowest BCUT2D eigenvalue weighted by Gasteiger charge is -2.22. The summed E-state index contributed by atoms with van der Waals surface area (Å²) in [7, 11) is 2.02. The van der Waals surface area contributed by atoms with Gasteiger partial charge in [0.25, 0.3) is 0 Å². The minimum Gasteiger partial charge on any atom is -0.444 e. The van der Waals surface area contributed by atoms with Crippen LogP contribution in [0.25, 0.3) is 11.5 Å². The summed E-state index contributed by atoms with van der Waals surface area (Å²) in [4.78, 5) is 7.13. The third-order valence-corrected chi connectivity index (χ3v) is 4.15. The minimum atomic E-state index is 0. The fourth-order valence-electron chi connectivity index (χ4n) is 2.99. The molecule has 0 radical (unpaired) electrons. The van der Waals surface area contributed by atoms with Crippen molar-refractivity contribution >= 4 is 12.4 Å². The molecule has 0 aliphatic carbocycles. The molecule has 1 aromatic carbocycles. The van der Waals surface area contributed by atoms with Crippen LogP contribution in [0.4, 0.5) is 0 Å². The number of nitrogens with one attached hydrogen (secondary N) is 1. The normalized spacial score (nSPS) is 18.4. The summed E-state index contributed by atoms with van der Waals surface area (Å²) >= 11 is 0. The molecule has 1 aromatic heterocycles. The van der Waals surface area contributed by atoms with Gasteiger partial charge in [0.1, 0.15) is 6.26 Å². The Kier molecular flexibility index (Phi) is 6.00. The molecule has 0 saturated carbocycles. The summed E-state index contributed by atoms with van der Waals surface area (Å²) in [5.41, 5.74) is 3.31. The standard InChI is InChI=1S/C17H23N3O.ClH/c1-13-5-7-14(8-6-13)17-19-15(12-21-17)11-20-9-3-4-16(20)10-18-2;/h5-8,12,16,18H,3-4,9-11H2,1-2H3;1H. The first-order valence-electron chi connectivity index (χ1n) is 7.66. The summed E-state index contributed by atoms with van der Waals surface area (Å²) in [5, 5.41) is 3.28.